The maximum Gasteiger partial charge on any atom is 0.244 e. The lowest BCUT2D eigenvalue weighted by molar-refractivity contribution is -0.120. The van der Waals surface area contributed by atoms with E-state index in [0.29, 0.717) is 43.2 Å². The zero-order chi connectivity index (χ0) is 25.2. The molecule has 1 unspecified atom stereocenters. The number of hydrogen-bond acceptors (Lipinski definition) is 6. The van der Waals surface area contributed by atoms with Gasteiger partial charge in [-0.1, -0.05) is 54.3 Å². The van der Waals surface area contributed by atoms with E-state index in [1.165, 1.54) is 22.5 Å². The number of carbonyl (C=O) groups is 1. The molecule has 2 aromatic carbocycles. The first-order valence-electron chi connectivity index (χ1n) is 11.3. The molecule has 1 fully saturated rings. The number of anilines is 1. The molecular weight excluding hydrogens is 511 g/mol. The molecule has 3 aromatic rings. The van der Waals surface area contributed by atoms with Crippen molar-refractivity contribution in [1.82, 2.24) is 14.4 Å². The normalized spacial score (nSPS) is 17.0. The predicted octanol–water partition coefficient (Wildman–Crippen LogP) is 5.13. The Hall–Kier alpha value is -2.46. The highest BCUT2D eigenvalue weighted by Crippen LogP contribution is 2.30. The van der Waals surface area contributed by atoms with Gasteiger partial charge < -0.3 is 9.84 Å². The van der Waals surface area contributed by atoms with E-state index in [2.05, 4.69) is 15.5 Å². The Balaban J connectivity index is 1.39. The Morgan fingerprint density at radius 3 is 2.63 bits per heavy atom. The number of hydrogen-bond donors (Lipinski definition) is 1. The highest BCUT2D eigenvalue weighted by Gasteiger charge is 2.34. The maximum absolute atomic E-state index is 13.1. The van der Waals surface area contributed by atoms with E-state index in [4.69, 9.17) is 27.7 Å². The lowest BCUT2D eigenvalue weighted by Gasteiger charge is -2.31. The van der Waals surface area contributed by atoms with Gasteiger partial charge in [0.1, 0.15) is 4.90 Å². The molecule has 0 aliphatic carbocycles. The van der Waals surface area contributed by atoms with Crippen LogP contribution in [0.4, 0.5) is 5.69 Å². The van der Waals surface area contributed by atoms with Crippen molar-refractivity contribution < 1.29 is 17.7 Å². The summed E-state index contributed by atoms with van der Waals surface area (Å²) in [5.41, 5.74) is 1.61. The Bertz CT molecular complexity index is 1310. The average Bonchev–Trinajstić information content (AvgIpc) is 3.31. The van der Waals surface area contributed by atoms with Crippen molar-refractivity contribution in [3.05, 3.63) is 69.8 Å². The van der Waals surface area contributed by atoms with Crippen LogP contribution in [0.1, 0.15) is 49.9 Å². The molecule has 8 nitrogen and oxygen atoms in total. The molecular formula is C24H26Cl2N4O4S. The fraction of sp³-hybridized carbons (Fsp3) is 0.375. The highest BCUT2D eigenvalue weighted by molar-refractivity contribution is 7.89. The first-order valence-corrected chi connectivity index (χ1v) is 13.5. The van der Waals surface area contributed by atoms with Gasteiger partial charge in [-0.2, -0.15) is 9.29 Å². The zero-order valence-corrected chi connectivity index (χ0v) is 21.7. The number of sulfonamides is 1. The third-order valence-electron chi connectivity index (χ3n) is 5.83. The molecule has 11 heteroatoms. The van der Waals surface area contributed by atoms with Gasteiger partial charge in [-0.15, -0.1) is 0 Å². The number of amides is 1. The SMILES string of the molecule is CC(C)c1nc(Cc2ccc(NC(=O)C3CCCN(S(=O)(=O)c4cc(Cl)ccc4Cl)C3)cc2)no1. The van der Waals surface area contributed by atoms with Crippen molar-refractivity contribution >= 4 is 44.8 Å². The van der Waals surface area contributed by atoms with E-state index in [1.54, 1.807) is 12.1 Å². The summed E-state index contributed by atoms with van der Waals surface area (Å²) >= 11 is 12.1. The monoisotopic (exact) mass is 536 g/mol. The molecule has 1 amide bonds. The van der Waals surface area contributed by atoms with E-state index < -0.39 is 15.9 Å². The van der Waals surface area contributed by atoms with Gasteiger partial charge in [0.25, 0.3) is 0 Å². The topological polar surface area (TPSA) is 105 Å². The molecule has 0 bridgehead atoms. The molecule has 1 aliphatic heterocycles. The number of nitrogens with one attached hydrogen (secondary N) is 1. The van der Waals surface area contributed by atoms with E-state index in [-0.39, 0.29) is 33.3 Å². The van der Waals surface area contributed by atoms with Crippen LogP contribution in [0, 0.1) is 5.92 Å². The molecule has 2 heterocycles. The Kier molecular flexibility index (Phi) is 7.80. The fourth-order valence-electron chi connectivity index (χ4n) is 3.90. The minimum Gasteiger partial charge on any atom is -0.339 e. The second-order valence-corrected chi connectivity index (χ2v) is 11.6. The second-order valence-electron chi connectivity index (χ2n) is 8.84. The lowest BCUT2D eigenvalue weighted by Crippen LogP contribution is -2.43. The van der Waals surface area contributed by atoms with Gasteiger partial charge >= 0.3 is 0 Å². The molecule has 186 valence electrons. The Morgan fingerprint density at radius 1 is 1.20 bits per heavy atom. The van der Waals surface area contributed by atoms with Gasteiger partial charge in [0.05, 0.1) is 10.9 Å². The van der Waals surface area contributed by atoms with E-state index in [9.17, 15) is 13.2 Å². The third-order valence-corrected chi connectivity index (χ3v) is 8.41. The van der Waals surface area contributed by atoms with Crippen LogP contribution in [0.5, 0.6) is 0 Å². The molecule has 0 saturated carbocycles. The van der Waals surface area contributed by atoms with Crippen LogP contribution in [0.15, 0.2) is 51.9 Å². The molecule has 0 radical (unpaired) electrons. The van der Waals surface area contributed by atoms with Crippen LogP contribution in [0.25, 0.3) is 0 Å². The van der Waals surface area contributed by atoms with Crippen molar-refractivity contribution in [2.45, 2.75) is 43.9 Å². The van der Waals surface area contributed by atoms with Crippen LogP contribution in [0.3, 0.4) is 0 Å². The number of halogens is 2. The number of aromatic nitrogens is 2. The number of rotatable bonds is 7. The minimum absolute atomic E-state index is 0.0505. The van der Waals surface area contributed by atoms with Crippen molar-refractivity contribution in [2.75, 3.05) is 18.4 Å². The van der Waals surface area contributed by atoms with Crippen molar-refractivity contribution in [2.24, 2.45) is 5.92 Å². The second kappa shape index (κ2) is 10.7. The first-order chi connectivity index (χ1) is 16.6. The summed E-state index contributed by atoms with van der Waals surface area (Å²) in [6, 6.07) is 11.7. The summed E-state index contributed by atoms with van der Waals surface area (Å²) in [6.45, 7) is 4.37. The standard InChI is InChI=1S/C24H26Cl2N4O4S/c1-15(2)24-28-22(29-34-24)12-16-5-8-19(9-6-16)27-23(31)17-4-3-11-30(14-17)35(32,33)21-13-18(25)7-10-20(21)26/h5-10,13,15,17H,3-4,11-12,14H2,1-2H3,(H,27,31). The number of carbonyl (C=O) groups excluding carboxylic acids is 1. The quantitative estimate of drug-likeness (QED) is 0.448. The largest absolute Gasteiger partial charge is 0.339 e. The van der Waals surface area contributed by atoms with Gasteiger partial charge in [0.15, 0.2) is 5.82 Å². The van der Waals surface area contributed by atoms with Crippen LogP contribution in [-0.2, 0) is 21.2 Å². The summed E-state index contributed by atoms with van der Waals surface area (Å²) in [7, 11) is -3.88. The van der Waals surface area contributed by atoms with Crippen LogP contribution < -0.4 is 5.32 Å². The molecule has 1 saturated heterocycles. The smallest absolute Gasteiger partial charge is 0.244 e. The lowest BCUT2D eigenvalue weighted by atomic mass is 9.98. The number of benzene rings is 2. The third kappa shape index (κ3) is 6.03. The van der Waals surface area contributed by atoms with Crippen LogP contribution in [-0.4, -0.2) is 41.9 Å². The Morgan fingerprint density at radius 2 is 1.94 bits per heavy atom. The van der Waals surface area contributed by atoms with Crippen LogP contribution >= 0.6 is 23.2 Å². The molecule has 35 heavy (non-hydrogen) atoms. The number of piperidine rings is 1. The average molecular weight is 537 g/mol. The first kappa shape index (κ1) is 25.6. The minimum atomic E-state index is -3.88. The van der Waals surface area contributed by atoms with Gasteiger partial charge in [-0.3, -0.25) is 4.79 Å². The van der Waals surface area contributed by atoms with E-state index >= 15 is 0 Å². The van der Waals surface area contributed by atoms with Gasteiger partial charge in [-0.05, 0) is 48.7 Å². The summed E-state index contributed by atoms with van der Waals surface area (Å²) in [4.78, 5) is 17.3. The predicted molar refractivity (Wildman–Crippen MR) is 134 cm³/mol. The summed E-state index contributed by atoms with van der Waals surface area (Å²) < 4.78 is 32.8. The van der Waals surface area contributed by atoms with Gasteiger partial charge in [-0.25, -0.2) is 8.42 Å². The highest BCUT2D eigenvalue weighted by atomic mass is 35.5. The molecule has 1 atom stereocenters. The van der Waals surface area contributed by atoms with E-state index in [1.807, 2.05) is 26.0 Å². The zero-order valence-electron chi connectivity index (χ0n) is 19.4. The fourth-order valence-corrected chi connectivity index (χ4v) is 6.16. The Labute approximate surface area is 214 Å². The molecule has 4 rings (SSSR count). The molecule has 1 aromatic heterocycles. The maximum atomic E-state index is 13.1. The van der Waals surface area contributed by atoms with E-state index in [0.717, 1.165) is 5.56 Å². The van der Waals surface area contributed by atoms with Gasteiger partial charge in [0, 0.05) is 36.1 Å². The van der Waals surface area contributed by atoms with Gasteiger partial charge in [0.2, 0.25) is 21.8 Å². The molecule has 0 spiro atoms. The summed E-state index contributed by atoms with van der Waals surface area (Å²) in [6.07, 6.45) is 1.68. The van der Waals surface area contributed by atoms with Crippen molar-refractivity contribution in [3.63, 3.8) is 0 Å². The molecule has 1 N–H and O–H groups in total. The molecule has 1 aliphatic rings. The summed E-state index contributed by atoms with van der Waals surface area (Å²) in [5, 5.41) is 7.27. The summed E-state index contributed by atoms with van der Waals surface area (Å²) in [5.74, 6) is 0.667. The number of nitrogens with zero attached hydrogens (tertiary/aromatic N) is 3. The van der Waals surface area contributed by atoms with Crippen LogP contribution in [0.2, 0.25) is 10.0 Å². The van der Waals surface area contributed by atoms with Crippen molar-refractivity contribution in [1.29, 1.82) is 0 Å². The van der Waals surface area contributed by atoms with Crippen molar-refractivity contribution in [3.8, 4) is 0 Å².